The predicted octanol–water partition coefficient (Wildman–Crippen LogP) is 2.17. The number of nitrogens with zero attached hydrogens (tertiary/aromatic N) is 2. The van der Waals surface area contributed by atoms with E-state index in [0.717, 1.165) is 50.3 Å². The van der Waals surface area contributed by atoms with Crippen molar-refractivity contribution in [1.82, 2.24) is 10.2 Å². The zero-order valence-electron chi connectivity index (χ0n) is 11.9. The van der Waals surface area contributed by atoms with Crippen molar-refractivity contribution >= 4 is 21.6 Å². The van der Waals surface area contributed by atoms with Crippen LogP contribution >= 0.6 is 15.9 Å². The van der Waals surface area contributed by atoms with E-state index in [1.165, 1.54) is 6.07 Å². The molecule has 0 unspecified atom stereocenters. The van der Waals surface area contributed by atoms with Gasteiger partial charge in [-0.15, -0.1) is 0 Å². The van der Waals surface area contributed by atoms with Crippen LogP contribution in [0.2, 0.25) is 0 Å². The van der Waals surface area contributed by atoms with Crippen molar-refractivity contribution < 1.29 is 9.66 Å². The Bertz CT molecular complexity index is 479. The molecule has 0 atom stereocenters. The lowest BCUT2D eigenvalue weighted by Gasteiger charge is -2.26. The van der Waals surface area contributed by atoms with Gasteiger partial charge in [0.1, 0.15) is 0 Å². The van der Waals surface area contributed by atoms with Crippen molar-refractivity contribution in [2.24, 2.45) is 0 Å². The highest BCUT2D eigenvalue weighted by molar-refractivity contribution is 9.10. The standard InChI is InChI=1S/C14H20BrN3O3/c15-13-2-3-14(18(19)20)12(10-13)11-16-4-1-5-17-6-8-21-9-7-17/h2-3,10,16H,1,4-9,11H2. The molecule has 0 spiro atoms. The molecule has 1 fully saturated rings. The monoisotopic (exact) mass is 357 g/mol. The van der Waals surface area contributed by atoms with Crippen molar-refractivity contribution in [2.75, 3.05) is 39.4 Å². The van der Waals surface area contributed by atoms with Gasteiger partial charge in [0.2, 0.25) is 0 Å². The third-order valence-electron chi connectivity index (χ3n) is 3.49. The summed E-state index contributed by atoms with van der Waals surface area (Å²) in [5, 5.41) is 14.3. The van der Waals surface area contributed by atoms with E-state index in [1.807, 2.05) is 0 Å². The summed E-state index contributed by atoms with van der Waals surface area (Å²) in [7, 11) is 0. The van der Waals surface area contributed by atoms with Gasteiger partial charge in [0, 0.05) is 35.7 Å². The fourth-order valence-corrected chi connectivity index (χ4v) is 2.76. The molecule has 0 bridgehead atoms. The van der Waals surface area contributed by atoms with Gasteiger partial charge in [-0.1, -0.05) is 15.9 Å². The average molecular weight is 358 g/mol. The molecule has 1 aliphatic rings. The SMILES string of the molecule is O=[N+]([O-])c1ccc(Br)cc1CNCCCN1CCOCC1. The van der Waals surface area contributed by atoms with E-state index in [4.69, 9.17) is 4.74 Å². The summed E-state index contributed by atoms with van der Waals surface area (Å²) in [6.45, 7) is 6.03. The maximum Gasteiger partial charge on any atom is 0.273 e. The van der Waals surface area contributed by atoms with Crippen molar-refractivity contribution in [2.45, 2.75) is 13.0 Å². The first kappa shape index (κ1) is 16.4. The highest BCUT2D eigenvalue weighted by atomic mass is 79.9. The van der Waals surface area contributed by atoms with Gasteiger partial charge in [-0.25, -0.2) is 0 Å². The van der Waals surface area contributed by atoms with Crippen LogP contribution in [0.4, 0.5) is 5.69 Å². The van der Waals surface area contributed by atoms with E-state index < -0.39 is 0 Å². The molecular formula is C14H20BrN3O3. The van der Waals surface area contributed by atoms with Gasteiger partial charge in [-0.2, -0.15) is 0 Å². The van der Waals surface area contributed by atoms with Crippen LogP contribution in [-0.4, -0.2) is 49.2 Å². The molecule has 6 nitrogen and oxygen atoms in total. The van der Waals surface area contributed by atoms with Crippen LogP contribution in [0, 0.1) is 10.1 Å². The maximum atomic E-state index is 11.0. The van der Waals surface area contributed by atoms with Crippen LogP contribution in [0.1, 0.15) is 12.0 Å². The lowest BCUT2D eigenvalue weighted by molar-refractivity contribution is -0.385. The molecule has 1 aliphatic heterocycles. The number of hydrogen-bond donors (Lipinski definition) is 1. The quantitative estimate of drug-likeness (QED) is 0.460. The summed E-state index contributed by atoms with van der Waals surface area (Å²) < 4.78 is 6.17. The van der Waals surface area contributed by atoms with Gasteiger partial charge in [-0.3, -0.25) is 15.0 Å². The minimum absolute atomic E-state index is 0.166. The summed E-state index contributed by atoms with van der Waals surface area (Å²) in [6.07, 6.45) is 1.03. The van der Waals surface area contributed by atoms with E-state index in [2.05, 4.69) is 26.1 Å². The Morgan fingerprint density at radius 1 is 1.38 bits per heavy atom. The number of morpholine rings is 1. The summed E-state index contributed by atoms with van der Waals surface area (Å²) in [4.78, 5) is 13.0. The van der Waals surface area contributed by atoms with E-state index in [-0.39, 0.29) is 10.6 Å². The molecule has 1 aromatic rings. The zero-order valence-corrected chi connectivity index (χ0v) is 13.5. The number of ether oxygens (including phenoxy) is 1. The summed E-state index contributed by atoms with van der Waals surface area (Å²) >= 11 is 3.35. The van der Waals surface area contributed by atoms with Crippen LogP contribution in [0.5, 0.6) is 0 Å². The number of nitro benzene ring substituents is 1. The minimum Gasteiger partial charge on any atom is -0.379 e. The average Bonchev–Trinajstić information content (AvgIpc) is 2.48. The first-order valence-electron chi connectivity index (χ1n) is 7.10. The number of rotatable bonds is 7. The number of benzene rings is 1. The number of nitro groups is 1. The molecule has 0 aromatic heterocycles. The molecule has 7 heteroatoms. The van der Waals surface area contributed by atoms with E-state index in [9.17, 15) is 10.1 Å². The number of halogens is 1. The molecule has 0 radical (unpaired) electrons. The third-order valence-corrected chi connectivity index (χ3v) is 3.98. The van der Waals surface area contributed by atoms with Gasteiger partial charge in [0.25, 0.3) is 5.69 Å². The first-order chi connectivity index (χ1) is 10.2. The smallest absolute Gasteiger partial charge is 0.273 e. The molecule has 1 aromatic carbocycles. The summed E-state index contributed by atoms with van der Waals surface area (Å²) in [5.74, 6) is 0. The lowest BCUT2D eigenvalue weighted by atomic mass is 10.2. The second-order valence-corrected chi connectivity index (χ2v) is 5.93. The molecule has 0 amide bonds. The van der Waals surface area contributed by atoms with Crippen LogP contribution in [0.3, 0.4) is 0 Å². The van der Waals surface area contributed by atoms with Gasteiger partial charge >= 0.3 is 0 Å². The Morgan fingerprint density at radius 2 is 2.14 bits per heavy atom. The van der Waals surface area contributed by atoms with Crippen LogP contribution in [0.25, 0.3) is 0 Å². The Kier molecular flexibility index (Phi) is 6.56. The molecule has 1 N–H and O–H groups in total. The Labute approximate surface area is 132 Å². The summed E-state index contributed by atoms with van der Waals surface area (Å²) in [5.41, 5.74) is 0.875. The van der Waals surface area contributed by atoms with Crippen molar-refractivity contribution in [3.05, 3.63) is 38.3 Å². The third kappa shape index (κ3) is 5.35. The van der Waals surface area contributed by atoms with Crippen LogP contribution in [0.15, 0.2) is 22.7 Å². The normalized spacial score (nSPS) is 16.0. The Hall–Kier alpha value is -1.02. The van der Waals surface area contributed by atoms with Gasteiger partial charge in [0.05, 0.1) is 18.1 Å². The van der Waals surface area contributed by atoms with Gasteiger partial charge in [0.15, 0.2) is 0 Å². The maximum absolute atomic E-state index is 11.0. The molecular weight excluding hydrogens is 338 g/mol. The Morgan fingerprint density at radius 3 is 2.86 bits per heavy atom. The fourth-order valence-electron chi connectivity index (χ4n) is 2.35. The van der Waals surface area contributed by atoms with Crippen molar-refractivity contribution in [1.29, 1.82) is 0 Å². The first-order valence-corrected chi connectivity index (χ1v) is 7.90. The molecule has 1 saturated heterocycles. The fraction of sp³-hybridized carbons (Fsp3) is 0.571. The number of nitrogens with one attached hydrogen (secondary N) is 1. The molecule has 0 saturated carbocycles. The molecule has 1 heterocycles. The second kappa shape index (κ2) is 8.43. The van der Waals surface area contributed by atoms with Crippen molar-refractivity contribution in [3.63, 3.8) is 0 Å². The number of hydrogen-bond acceptors (Lipinski definition) is 5. The van der Waals surface area contributed by atoms with E-state index in [1.54, 1.807) is 12.1 Å². The predicted molar refractivity (Wildman–Crippen MR) is 84.4 cm³/mol. The molecule has 116 valence electrons. The van der Waals surface area contributed by atoms with Crippen LogP contribution < -0.4 is 5.32 Å². The molecule has 21 heavy (non-hydrogen) atoms. The molecule has 2 rings (SSSR count). The van der Waals surface area contributed by atoms with Crippen molar-refractivity contribution in [3.8, 4) is 0 Å². The lowest BCUT2D eigenvalue weighted by Crippen LogP contribution is -2.37. The molecule has 0 aliphatic carbocycles. The highest BCUT2D eigenvalue weighted by Gasteiger charge is 2.13. The van der Waals surface area contributed by atoms with E-state index in [0.29, 0.717) is 12.1 Å². The van der Waals surface area contributed by atoms with Gasteiger partial charge in [-0.05, 0) is 31.6 Å². The van der Waals surface area contributed by atoms with Gasteiger partial charge < -0.3 is 10.1 Å². The largest absolute Gasteiger partial charge is 0.379 e. The zero-order chi connectivity index (χ0) is 15.1. The second-order valence-electron chi connectivity index (χ2n) is 5.01. The topological polar surface area (TPSA) is 67.6 Å². The Balaban J connectivity index is 1.73. The van der Waals surface area contributed by atoms with Crippen LogP contribution in [-0.2, 0) is 11.3 Å². The summed E-state index contributed by atoms with van der Waals surface area (Å²) in [6, 6.07) is 5.03. The minimum atomic E-state index is -0.336. The highest BCUT2D eigenvalue weighted by Crippen LogP contribution is 2.22. The van der Waals surface area contributed by atoms with E-state index >= 15 is 0 Å².